The van der Waals surface area contributed by atoms with Crippen LogP contribution in [-0.4, -0.2) is 61.1 Å². The summed E-state index contributed by atoms with van der Waals surface area (Å²) in [7, 11) is -3.79. The van der Waals surface area contributed by atoms with Crippen LogP contribution >= 0.6 is 12.4 Å². The van der Waals surface area contributed by atoms with Crippen molar-refractivity contribution in [2.45, 2.75) is 103 Å². The summed E-state index contributed by atoms with van der Waals surface area (Å²) in [6.07, 6.45) is 1.67. The van der Waals surface area contributed by atoms with Gasteiger partial charge in [-0.05, 0) is 54.5 Å². The summed E-state index contributed by atoms with van der Waals surface area (Å²) < 4.78 is 54.8. The Labute approximate surface area is 273 Å². The third kappa shape index (κ3) is 13.7. The fourth-order valence-electron chi connectivity index (χ4n) is 5.05. The number of nitrogens with one attached hydrogen (secondary N) is 3. The molecule has 4 N–H and O–H groups in total. The number of sulfone groups is 1. The molecule has 8 nitrogen and oxygen atoms in total. The molecule has 3 atom stereocenters. The van der Waals surface area contributed by atoms with Crippen molar-refractivity contribution in [1.82, 2.24) is 16.0 Å². The first-order valence-corrected chi connectivity index (χ1v) is 17.2. The van der Waals surface area contributed by atoms with E-state index in [0.29, 0.717) is 32.2 Å². The molecule has 0 radical (unpaired) electrons. The van der Waals surface area contributed by atoms with Crippen molar-refractivity contribution in [1.29, 1.82) is 0 Å². The molecule has 0 fully saturated rings. The van der Waals surface area contributed by atoms with E-state index >= 15 is 0 Å². The molecule has 2 rings (SSSR count). The molecule has 0 aliphatic heterocycles. The molecule has 12 heteroatoms. The van der Waals surface area contributed by atoms with Gasteiger partial charge in [0.15, 0.2) is 9.84 Å². The predicted octanol–water partition coefficient (Wildman–Crippen LogP) is 4.65. The molecule has 0 unspecified atom stereocenters. The summed E-state index contributed by atoms with van der Waals surface area (Å²) in [5.74, 6) is -4.03. The molecule has 254 valence electrons. The number of aliphatic hydroxyl groups excluding tert-OH is 1. The smallest absolute Gasteiger partial charge is 0.243 e. The largest absolute Gasteiger partial charge is 0.390 e. The van der Waals surface area contributed by atoms with Crippen LogP contribution in [0.25, 0.3) is 0 Å². The summed E-state index contributed by atoms with van der Waals surface area (Å²) in [6, 6.07) is 8.42. The van der Waals surface area contributed by atoms with Crippen LogP contribution in [0.4, 0.5) is 8.78 Å². The zero-order valence-electron chi connectivity index (χ0n) is 26.9. The third-order valence-electron chi connectivity index (χ3n) is 7.54. The Morgan fingerprint density at radius 3 is 2.02 bits per heavy atom. The highest BCUT2D eigenvalue weighted by molar-refractivity contribution is 7.92. The highest BCUT2D eigenvalue weighted by Gasteiger charge is 2.34. The lowest BCUT2D eigenvalue weighted by Crippen LogP contribution is -2.57. The number of aliphatic hydroxyl groups is 1. The second-order valence-corrected chi connectivity index (χ2v) is 14.0. The first-order chi connectivity index (χ1) is 20.8. The van der Waals surface area contributed by atoms with Gasteiger partial charge in [0.2, 0.25) is 11.8 Å². The Morgan fingerprint density at radius 1 is 0.867 bits per heavy atom. The topological polar surface area (TPSA) is 125 Å². The molecule has 2 aromatic rings. The van der Waals surface area contributed by atoms with Crippen LogP contribution in [0.1, 0.15) is 77.0 Å². The molecule has 0 saturated heterocycles. The van der Waals surface area contributed by atoms with Crippen LogP contribution in [-0.2, 0) is 38.8 Å². The van der Waals surface area contributed by atoms with Gasteiger partial charge in [0.05, 0.1) is 23.1 Å². The number of carbonyl (C=O) groups is 2. The van der Waals surface area contributed by atoms with E-state index in [-0.39, 0.29) is 30.9 Å². The van der Waals surface area contributed by atoms with Crippen LogP contribution in [0.3, 0.4) is 0 Å². The molecule has 45 heavy (non-hydrogen) atoms. The van der Waals surface area contributed by atoms with E-state index < -0.39 is 68.4 Å². The van der Waals surface area contributed by atoms with E-state index in [1.165, 1.54) is 0 Å². The van der Waals surface area contributed by atoms with Gasteiger partial charge in [-0.2, -0.15) is 0 Å². The standard InChI is InChI=1S/C33H49F2N3O5S.ClH/c1-6-10-28(11-7-2)44(42,43)21-30(38-32(40)22(4)5)33(41)37-29(17-25-15-26(34)18-27(35)16-25)31(39)20-36-19-24-13-9-12-23(8-3)14-24;/h9,12-16,18,22,28-31,36,39H,6-8,10-11,17,19-21H2,1-5H3,(H,37,41)(H,38,40);1H/t29-,30+,31+;/m0./s1. The van der Waals surface area contributed by atoms with Gasteiger partial charge in [-0.3, -0.25) is 9.59 Å². The number of aryl methyl sites for hydroxylation is 1. The van der Waals surface area contributed by atoms with Crippen molar-refractivity contribution in [2.75, 3.05) is 12.3 Å². The maximum Gasteiger partial charge on any atom is 0.243 e. The van der Waals surface area contributed by atoms with E-state index in [2.05, 4.69) is 22.9 Å². The highest BCUT2D eigenvalue weighted by Crippen LogP contribution is 2.18. The zero-order valence-corrected chi connectivity index (χ0v) is 28.6. The van der Waals surface area contributed by atoms with Gasteiger partial charge in [0.25, 0.3) is 0 Å². The normalized spacial score (nSPS) is 13.6. The van der Waals surface area contributed by atoms with Gasteiger partial charge < -0.3 is 21.1 Å². The highest BCUT2D eigenvalue weighted by atomic mass is 35.5. The van der Waals surface area contributed by atoms with E-state index in [4.69, 9.17) is 0 Å². The minimum absolute atomic E-state index is 0. The number of carbonyl (C=O) groups excluding carboxylic acids is 2. The minimum atomic E-state index is -3.79. The van der Waals surface area contributed by atoms with Crippen LogP contribution in [0.5, 0.6) is 0 Å². The number of hydrogen-bond donors (Lipinski definition) is 4. The molecular formula is C33H50ClF2N3O5S. The van der Waals surface area contributed by atoms with E-state index in [1.807, 2.05) is 38.1 Å². The molecule has 0 aliphatic rings. The van der Waals surface area contributed by atoms with Gasteiger partial charge in [-0.25, -0.2) is 17.2 Å². The monoisotopic (exact) mass is 673 g/mol. The molecule has 0 heterocycles. The zero-order chi connectivity index (χ0) is 32.9. The van der Waals surface area contributed by atoms with Crippen LogP contribution in [0.15, 0.2) is 42.5 Å². The third-order valence-corrected chi connectivity index (χ3v) is 9.82. The van der Waals surface area contributed by atoms with Gasteiger partial charge in [-0.15, -0.1) is 12.4 Å². The average Bonchev–Trinajstić information content (AvgIpc) is 2.95. The molecule has 0 aliphatic carbocycles. The van der Waals surface area contributed by atoms with Gasteiger partial charge in [0.1, 0.15) is 17.7 Å². The molecule has 0 spiro atoms. The maximum absolute atomic E-state index is 14.0. The summed E-state index contributed by atoms with van der Waals surface area (Å²) in [4.78, 5) is 26.3. The first kappa shape index (κ1) is 40.4. The lowest BCUT2D eigenvalue weighted by Gasteiger charge is -2.28. The fourth-order valence-corrected chi connectivity index (χ4v) is 7.21. The Bertz CT molecular complexity index is 1300. The van der Waals surface area contributed by atoms with Gasteiger partial charge in [-0.1, -0.05) is 71.7 Å². The van der Waals surface area contributed by atoms with Crippen molar-refractivity contribution < 1.29 is 31.9 Å². The Hall–Kier alpha value is -2.60. The second kappa shape index (κ2) is 19.8. The quantitative estimate of drug-likeness (QED) is 0.172. The van der Waals surface area contributed by atoms with E-state index in [9.17, 15) is 31.9 Å². The Kier molecular flexibility index (Phi) is 17.8. The van der Waals surface area contributed by atoms with Crippen molar-refractivity contribution >= 4 is 34.1 Å². The number of rotatable bonds is 19. The summed E-state index contributed by atoms with van der Waals surface area (Å²) in [6.45, 7) is 9.54. The Morgan fingerprint density at radius 2 is 1.47 bits per heavy atom. The summed E-state index contributed by atoms with van der Waals surface area (Å²) in [5.41, 5.74) is 2.36. The molecule has 0 bridgehead atoms. The second-order valence-electron chi connectivity index (χ2n) is 11.7. The Balaban J connectivity index is 0.0000101. The van der Waals surface area contributed by atoms with Crippen molar-refractivity contribution in [3.05, 3.63) is 70.8 Å². The van der Waals surface area contributed by atoms with E-state index in [0.717, 1.165) is 35.7 Å². The van der Waals surface area contributed by atoms with Crippen LogP contribution in [0, 0.1) is 17.6 Å². The number of hydrogen-bond acceptors (Lipinski definition) is 6. The average molecular weight is 674 g/mol. The fraction of sp³-hybridized carbons (Fsp3) is 0.576. The number of benzene rings is 2. The van der Waals surface area contributed by atoms with E-state index in [1.54, 1.807) is 13.8 Å². The summed E-state index contributed by atoms with van der Waals surface area (Å²) in [5, 5.41) is 18.9. The molecule has 0 aromatic heterocycles. The predicted molar refractivity (Wildman–Crippen MR) is 177 cm³/mol. The van der Waals surface area contributed by atoms with Crippen LogP contribution in [0.2, 0.25) is 0 Å². The molecule has 0 saturated carbocycles. The van der Waals surface area contributed by atoms with Gasteiger partial charge >= 0.3 is 0 Å². The maximum atomic E-state index is 14.0. The first-order valence-electron chi connectivity index (χ1n) is 15.5. The summed E-state index contributed by atoms with van der Waals surface area (Å²) >= 11 is 0. The van der Waals surface area contributed by atoms with Gasteiger partial charge in [0, 0.05) is 25.1 Å². The molecule has 2 aromatic carbocycles. The molecule has 2 amide bonds. The van der Waals surface area contributed by atoms with Crippen LogP contribution < -0.4 is 16.0 Å². The van der Waals surface area contributed by atoms with Crippen molar-refractivity contribution in [3.8, 4) is 0 Å². The number of halogens is 3. The van der Waals surface area contributed by atoms with Crippen molar-refractivity contribution in [2.24, 2.45) is 5.92 Å². The van der Waals surface area contributed by atoms with Crippen molar-refractivity contribution in [3.63, 3.8) is 0 Å². The SMILES string of the molecule is CCCC(CCC)S(=O)(=O)C[C@@H](NC(=O)C(C)C)C(=O)N[C@@H](Cc1cc(F)cc(F)c1)[C@H](O)CNCc1cccc(CC)c1.Cl. The lowest BCUT2D eigenvalue weighted by atomic mass is 10.00. The lowest BCUT2D eigenvalue weighted by molar-refractivity contribution is -0.130. The number of amides is 2. The minimum Gasteiger partial charge on any atom is -0.390 e. The molecular weight excluding hydrogens is 624 g/mol.